The van der Waals surface area contributed by atoms with Gasteiger partial charge in [-0.05, 0) is 24.6 Å². The minimum atomic E-state index is 0.00800. The van der Waals surface area contributed by atoms with E-state index in [0.717, 1.165) is 17.7 Å². The Hall–Kier alpha value is -0.810. The molecule has 1 unspecified atom stereocenters. The molecule has 2 N–H and O–H groups in total. The van der Waals surface area contributed by atoms with Gasteiger partial charge in [0.05, 0.1) is 13.7 Å². The minimum absolute atomic E-state index is 0.00800. The smallest absolute Gasteiger partial charge is 0.123 e. The predicted molar refractivity (Wildman–Crippen MR) is 72.2 cm³/mol. The lowest BCUT2D eigenvalue weighted by Crippen LogP contribution is -2.33. The van der Waals surface area contributed by atoms with Crippen LogP contribution in [-0.2, 0) is 11.3 Å². The largest absolute Gasteiger partial charge is 0.496 e. The molecule has 1 rings (SSSR count). The van der Waals surface area contributed by atoms with Gasteiger partial charge in [0.15, 0.2) is 0 Å². The molecule has 0 aliphatic carbocycles. The van der Waals surface area contributed by atoms with Crippen molar-refractivity contribution in [3.8, 4) is 5.75 Å². The molecule has 0 fully saturated rings. The molecular weight excluding hydrogens is 254 g/mol. The van der Waals surface area contributed by atoms with Crippen molar-refractivity contribution in [3.05, 3.63) is 28.8 Å². The van der Waals surface area contributed by atoms with Gasteiger partial charge in [-0.15, -0.1) is 0 Å². The molecule has 0 aliphatic rings. The number of aliphatic hydroxyl groups excluding tert-OH is 1. The van der Waals surface area contributed by atoms with Gasteiger partial charge in [0.1, 0.15) is 5.75 Å². The highest BCUT2D eigenvalue weighted by atomic mass is 35.5. The van der Waals surface area contributed by atoms with Crippen molar-refractivity contribution < 1.29 is 14.6 Å². The maximum atomic E-state index is 9.24. The van der Waals surface area contributed by atoms with Crippen molar-refractivity contribution in [1.29, 1.82) is 0 Å². The van der Waals surface area contributed by atoms with Gasteiger partial charge in [-0.2, -0.15) is 0 Å². The quantitative estimate of drug-likeness (QED) is 0.759. The molecule has 0 spiro atoms. The fourth-order valence-corrected chi connectivity index (χ4v) is 1.85. The Bertz CT molecular complexity index is 360. The van der Waals surface area contributed by atoms with Crippen LogP contribution in [0.3, 0.4) is 0 Å². The minimum Gasteiger partial charge on any atom is -0.496 e. The summed E-state index contributed by atoms with van der Waals surface area (Å²) in [6.07, 6.45) is 0.760. The summed E-state index contributed by atoms with van der Waals surface area (Å²) < 4.78 is 10.3. The van der Waals surface area contributed by atoms with E-state index in [-0.39, 0.29) is 12.6 Å². The van der Waals surface area contributed by atoms with Crippen LogP contribution in [-0.4, -0.2) is 38.6 Å². The van der Waals surface area contributed by atoms with E-state index in [1.54, 1.807) is 20.3 Å². The van der Waals surface area contributed by atoms with Gasteiger partial charge in [0.2, 0.25) is 0 Å². The van der Waals surface area contributed by atoms with E-state index in [1.807, 2.05) is 12.1 Å². The van der Waals surface area contributed by atoms with E-state index in [9.17, 15) is 5.11 Å². The number of hydrogen-bond acceptors (Lipinski definition) is 4. The summed E-state index contributed by atoms with van der Waals surface area (Å²) >= 11 is 5.95. The second-order valence-electron chi connectivity index (χ2n) is 4.00. The van der Waals surface area contributed by atoms with Crippen molar-refractivity contribution in [2.45, 2.75) is 19.0 Å². The monoisotopic (exact) mass is 273 g/mol. The third-order valence-electron chi connectivity index (χ3n) is 2.71. The van der Waals surface area contributed by atoms with Gasteiger partial charge < -0.3 is 19.9 Å². The first kappa shape index (κ1) is 15.2. The Morgan fingerprint density at radius 2 is 2.17 bits per heavy atom. The number of halogens is 1. The summed E-state index contributed by atoms with van der Waals surface area (Å²) in [6.45, 7) is 1.29. The van der Waals surface area contributed by atoms with E-state index in [2.05, 4.69) is 5.32 Å². The molecular formula is C13H20ClNO3. The summed E-state index contributed by atoms with van der Waals surface area (Å²) in [4.78, 5) is 0. The molecule has 0 amide bonds. The van der Waals surface area contributed by atoms with E-state index in [4.69, 9.17) is 21.1 Å². The highest BCUT2D eigenvalue weighted by molar-refractivity contribution is 6.30. The highest BCUT2D eigenvalue weighted by Gasteiger charge is 2.09. The Morgan fingerprint density at radius 1 is 1.39 bits per heavy atom. The molecule has 102 valence electrons. The summed E-state index contributed by atoms with van der Waals surface area (Å²) in [6, 6.07) is 5.49. The third kappa shape index (κ3) is 4.82. The average Bonchev–Trinajstić information content (AvgIpc) is 2.39. The number of hydrogen-bond donors (Lipinski definition) is 2. The number of aliphatic hydroxyl groups is 1. The molecule has 1 atom stereocenters. The Kier molecular flexibility index (Phi) is 7.05. The summed E-state index contributed by atoms with van der Waals surface area (Å²) in [5.41, 5.74) is 0.973. The summed E-state index contributed by atoms with van der Waals surface area (Å²) in [5, 5.41) is 13.2. The van der Waals surface area contributed by atoms with Crippen LogP contribution in [0, 0.1) is 0 Å². The van der Waals surface area contributed by atoms with E-state index in [0.29, 0.717) is 18.2 Å². The van der Waals surface area contributed by atoms with E-state index in [1.165, 1.54) is 0 Å². The van der Waals surface area contributed by atoms with Crippen molar-refractivity contribution in [2.75, 3.05) is 27.4 Å². The molecule has 18 heavy (non-hydrogen) atoms. The number of methoxy groups -OCH3 is 2. The predicted octanol–water partition coefficient (Wildman–Crippen LogP) is 1.84. The fourth-order valence-electron chi connectivity index (χ4n) is 1.66. The molecule has 0 aliphatic heterocycles. The Labute approximate surface area is 113 Å². The lowest BCUT2D eigenvalue weighted by molar-refractivity contribution is 0.159. The highest BCUT2D eigenvalue weighted by Crippen LogP contribution is 2.22. The lowest BCUT2D eigenvalue weighted by atomic mass is 10.1. The van der Waals surface area contributed by atoms with Crippen LogP contribution in [0.4, 0.5) is 0 Å². The molecule has 0 bridgehead atoms. The number of rotatable bonds is 8. The SMILES string of the molecule is COCCC(CO)NCc1cc(Cl)ccc1OC. The number of benzene rings is 1. The van der Waals surface area contributed by atoms with Gasteiger partial charge in [0, 0.05) is 36.9 Å². The second kappa shape index (κ2) is 8.32. The van der Waals surface area contributed by atoms with Crippen LogP contribution in [0.15, 0.2) is 18.2 Å². The van der Waals surface area contributed by atoms with E-state index < -0.39 is 0 Å². The first-order valence-electron chi connectivity index (χ1n) is 5.86. The fraction of sp³-hybridized carbons (Fsp3) is 0.538. The maximum absolute atomic E-state index is 9.24. The first-order valence-corrected chi connectivity index (χ1v) is 6.24. The normalized spacial score (nSPS) is 12.4. The van der Waals surface area contributed by atoms with Crippen molar-refractivity contribution in [3.63, 3.8) is 0 Å². The zero-order chi connectivity index (χ0) is 13.4. The van der Waals surface area contributed by atoms with Crippen LogP contribution < -0.4 is 10.1 Å². The first-order chi connectivity index (χ1) is 8.71. The molecule has 4 nitrogen and oxygen atoms in total. The van der Waals surface area contributed by atoms with Crippen LogP contribution in [0.2, 0.25) is 5.02 Å². The van der Waals surface area contributed by atoms with Gasteiger partial charge in [-0.25, -0.2) is 0 Å². The lowest BCUT2D eigenvalue weighted by Gasteiger charge is -2.17. The molecule has 1 aromatic rings. The number of nitrogens with one attached hydrogen (secondary N) is 1. The molecule has 0 radical (unpaired) electrons. The van der Waals surface area contributed by atoms with E-state index >= 15 is 0 Å². The molecule has 0 aromatic heterocycles. The average molecular weight is 274 g/mol. The maximum Gasteiger partial charge on any atom is 0.123 e. The molecule has 1 aromatic carbocycles. The van der Waals surface area contributed by atoms with Crippen molar-refractivity contribution in [2.24, 2.45) is 0 Å². The molecule has 0 heterocycles. The molecule has 0 saturated heterocycles. The van der Waals surface area contributed by atoms with Crippen LogP contribution in [0.25, 0.3) is 0 Å². The molecule has 0 saturated carbocycles. The van der Waals surface area contributed by atoms with Crippen molar-refractivity contribution >= 4 is 11.6 Å². The van der Waals surface area contributed by atoms with Gasteiger partial charge in [-0.3, -0.25) is 0 Å². The van der Waals surface area contributed by atoms with Gasteiger partial charge >= 0.3 is 0 Å². The second-order valence-corrected chi connectivity index (χ2v) is 4.43. The Morgan fingerprint density at radius 3 is 2.78 bits per heavy atom. The Balaban J connectivity index is 2.57. The van der Waals surface area contributed by atoms with Gasteiger partial charge in [-0.1, -0.05) is 11.6 Å². The zero-order valence-electron chi connectivity index (χ0n) is 10.8. The van der Waals surface area contributed by atoms with Crippen LogP contribution >= 0.6 is 11.6 Å². The third-order valence-corrected chi connectivity index (χ3v) is 2.95. The molecule has 5 heteroatoms. The zero-order valence-corrected chi connectivity index (χ0v) is 11.5. The van der Waals surface area contributed by atoms with Crippen LogP contribution in [0.1, 0.15) is 12.0 Å². The summed E-state index contributed by atoms with van der Waals surface area (Å²) in [7, 11) is 3.27. The number of ether oxygens (including phenoxy) is 2. The topological polar surface area (TPSA) is 50.7 Å². The summed E-state index contributed by atoms with van der Waals surface area (Å²) in [5.74, 6) is 0.787. The van der Waals surface area contributed by atoms with Crippen molar-refractivity contribution in [1.82, 2.24) is 5.32 Å². The van der Waals surface area contributed by atoms with Gasteiger partial charge in [0.25, 0.3) is 0 Å². The standard InChI is InChI=1S/C13H20ClNO3/c1-17-6-5-12(9-16)15-8-10-7-11(14)3-4-13(10)18-2/h3-4,7,12,15-16H,5-6,8-9H2,1-2H3. The van der Waals surface area contributed by atoms with Crippen LogP contribution in [0.5, 0.6) is 5.75 Å².